The molecule has 2 aliphatic rings. The molecule has 4 rings (SSSR count). The molecule has 0 spiro atoms. The number of fused-ring (bicyclic) bond motifs is 1. The Morgan fingerprint density at radius 2 is 1.76 bits per heavy atom. The average Bonchev–Trinajstić information content (AvgIpc) is 2.84. The molecule has 0 aromatic heterocycles. The quantitative estimate of drug-likeness (QED) is 0.595. The van der Waals surface area contributed by atoms with Crippen molar-refractivity contribution in [2.24, 2.45) is 5.92 Å². The van der Waals surface area contributed by atoms with Crippen LogP contribution in [0, 0.1) is 5.92 Å². The molecule has 2 aromatic carbocycles. The van der Waals surface area contributed by atoms with Crippen LogP contribution in [0.25, 0.3) is 0 Å². The van der Waals surface area contributed by atoms with Crippen molar-refractivity contribution < 1.29 is 19.1 Å². The van der Waals surface area contributed by atoms with Gasteiger partial charge in [-0.25, -0.2) is 4.79 Å². The van der Waals surface area contributed by atoms with Gasteiger partial charge in [0, 0.05) is 25.3 Å². The van der Waals surface area contributed by atoms with Crippen molar-refractivity contribution in [2.75, 3.05) is 32.3 Å². The van der Waals surface area contributed by atoms with Crippen LogP contribution in [-0.2, 0) is 9.59 Å². The minimum absolute atomic E-state index is 0.142. The number of amides is 4. The molecular formula is C23H27N5O4S. The molecule has 10 heteroatoms. The van der Waals surface area contributed by atoms with Crippen LogP contribution in [0.3, 0.4) is 0 Å². The van der Waals surface area contributed by atoms with Crippen molar-refractivity contribution in [3.05, 3.63) is 60.2 Å². The molecule has 2 aromatic rings. The smallest absolute Gasteiger partial charge is 0.327 e. The van der Waals surface area contributed by atoms with E-state index in [2.05, 4.69) is 16.0 Å². The molecule has 4 amide bonds. The van der Waals surface area contributed by atoms with Gasteiger partial charge in [-0.2, -0.15) is 0 Å². The van der Waals surface area contributed by atoms with Crippen molar-refractivity contribution in [3.8, 4) is 5.75 Å². The molecule has 2 saturated heterocycles. The third kappa shape index (κ3) is 4.68. The van der Waals surface area contributed by atoms with Crippen molar-refractivity contribution in [1.29, 1.82) is 0 Å². The molecule has 2 fully saturated rings. The first-order chi connectivity index (χ1) is 15.9. The van der Waals surface area contributed by atoms with Crippen molar-refractivity contribution >= 4 is 35.3 Å². The monoisotopic (exact) mass is 469 g/mol. The van der Waals surface area contributed by atoms with Crippen LogP contribution in [0.5, 0.6) is 5.75 Å². The van der Waals surface area contributed by atoms with Gasteiger partial charge in [0.15, 0.2) is 0 Å². The van der Waals surface area contributed by atoms with Gasteiger partial charge in [0.25, 0.3) is 0 Å². The van der Waals surface area contributed by atoms with Gasteiger partial charge < -0.3 is 15.0 Å². The molecule has 174 valence electrons. The number of nitrogens with one attached hydrogen (secondary N) is 3. The Kier molecular flexibility index (Phi) is 6.87. The van der Waals surface area contributed by atoms with Gasteiger partial charge >= 0.3 is 6.03 Å². The summed E-state index contributed by atoms with van der Waals surface area (Å²) in [6, 6.07) is 16.4. The van der Waals surface area contributed by atoms with Crippen LogP contribution in [0.4, 0.5) is 10.5 Å². The molecule has 0 saturated carbocycles. The lowest BCUT2D eigenvalue weighted by Gasteiger charge is -2.50. The normalized spacial score (nSPS) is 24.9. The molecule has 0 aliphatic carbocycles. The highest BCUT2D eigenvalue weighted by Gasteiger charge is 2.51. The van der Waals surface area contributed by atoms with Crippen LogP contribution in [0.2, 0.25) is 0 Å². The zero-order valence-corrected chi connectivity index (χ0v) is 19.5. The highest BCUT2D eigenvalue weighted by molar-refractivity contribution is 8.00. The van der Waals surface area contributed by atoms with Crippen LogP contribution >= 0.6 is 11.8 Å². The van der Waals surface area contributed by atoms with Gasteiger partial charge in [0.05, 0.1) is 36.5 Å². The molecule has 2 heterocycles. The summed E-state index contributed by atoms with van der Waals surface area (Å²) in [5.41, 5.74) is 1.56. The molecule has 3 N–H and O–H groups in total. The second kappa shape index (κ2) is 9.82. The number of hydrogen-bond donors (Lipinski definition) is 3. The van der Waals surface area contributed by atoms with E-state index in [0.717, 1.165) is 10.5 Å². The van der Waals surface area contributed by atoms with Crippen LogP contribution in [-0.4, -0.2) is 66.1 Å². The summed E-state index contributed by atoms with van der Waals surface area (Å²) in [7, 11) is 4.75. The van der Waals surface area contributed by atoms with E-state index in [1.54, 1.807) is 14.2 Å². The number of methoxy groups -OCH3 is 1. The zero-order chi connectivity index (χ0) is 23.5. The third-order valence-electron chi connectivity index (χ3n) is 5.86. The lowest BCUT2D eigenvalue weighted by molar-refractivity contribution is -0.140. The summed E-state index contributed by atoms with van der Waals surface area (Å²) in [5.74, 6) is -0.207. The Labute approximate surface area is 196 Å². The first kappa shape index (κ1) is 23.1. The first-order valence-electron chi connectivity index (χ1n) is 10.6. The van der Waals surface area contributed by atoms with Crippen molar-refractivity contribution in [1.82, 2.24) is 20.4 Å². The maximum absolute atomic E-state index is 13.1. The van der Waals surface area contributed by atoms with Gasteiger partial charge in [0.1, 0.15) is 5.75 Å². The average molecular weight is 470 g/mol. The fourth-order valence-corrected chi connectivity index (χ4v) is 5.28. The second-order valence-electron chi connectivity index (χ2n) is 7.92. The number of anilines is 1. The van der Waals surface area contributed by atoms with Crippen molar-refractivity contribution in [2.45, 2.75) is 17.7 Å². The lowest BCUT2D eigenvalue weighted by atomic mass is 9.95. The third-order valence-corrected chi connectivity index (χ3v) is 7.08. The number of ether oxygens (including phenoxy) is 1. The van der Waals surface area contributed by atoms with E-state index in [-0.39, 0.29) is 29.8 Å². The van der Waals surface area contributed by atoms with Crippen molar-refractivity contribution in [3.63, 3.8) is 0 Å². The summed E-state index contributed by atoms with van der Waals surface area (Å²) in [5, 5.41) is 9.29. The summed E-state index contributed by atoms with van der Waals surface area (Å²) in [4.78, 5) is 40.9. The number of hydrogen-bond acceptors (Lipinski definition) is 7. The number of para-hydroxylation sites is 2. The van der Waals surface area contributed by atoms with E-state index >= 15 is 0 Å². The second-order valence-corrected chi connectivity index (χ2v) is 9.05. The number of imide groups is 1. The maximum Gasteiger partial charge on any atom is 0.327 e. The summed E-state index contributed by atoms with van der Waals surface area (Å²) in [6.45, 7) is 0. The predicted octanol–water partition coefficient (Wildman–Crippen LogP) is 2.05. The molecule has 4 atom stereocenters. The number of nitrogens with zero attached hydrogens (tertiary/aromatic N) is 2. The highest BCUT2D eigenvalue weighted by atomic mass is 32.2. The number of carbonyl (C=O) groups excluding carboxylic acids is 3. The van der Waals surface area contributed by atoms with Gasteiger partial charge in [-0.1, -0.05) is 36.4 Å². The fraction of sp³-hybridized carbons (Fsp3) is 0.348. The Morgan fingerprint density at radius 3 is 2.48 bits per heavy atom. The summed E-state index contributed by atoms with van der Waals surface area (Å²) >= 11 is 1.34. The number of benzene rings is 2. The minimum atomic E-state index is -0.571. The van der Waals surface area contributed by atoms with Gasteiger partial charge in [-0.05, 0) is 18.2 Å². The Bertz CT molecular complexity index is 1040. The SMILES string of the molecule is COc1ccccc1C1NC(SCC(=O)Nc2ccccc2)C2C(=O)N(C)C(=O)N(C)C2N1. The minimum Gasteiger partial charge on any atom is -0.496 e. The fourth-order valence-electron chi connectivity index (χ4n) is 4.17. The van der Waals surface area contributed by atoms with E-state index in [1.165, 1.54) is 23.7 Å². The maximum atomic E-state index is 13.1. The molecular weight excluding hydrogens is 442 g/mol. The van der Waals surface area contributed by atoms with E-state index in [1.807, 2.05) is 54.6 Å². The Morgan fingerprint density at radius 1 is 1.06 bits per heavy atom. The molecule has 2 aliphatic heterocycles. The topological polar surface area (TPSA) is 103 Å². The number of urea groups is 1. The zero-order valence-electron chi connectivity index (χ0n) is 18.6. The Balaban J connectivity index is 1.57. The standard InChI is InChI=1S/C23H27N5O4S/c1-27-20-18(22(30)28(2)23(27)31)21(33-13-17(29)24-14-9-5-4-6-10-14)26-19(25-20)15-11-7-8-12-16(15)32-3/h4-12,18-21,25-26H,13H2,1-3H3,(H,24,29). The van der Waals surface area contributed by atoms with Gasteiger partial charge in [0.2, 0.25) is 11.8 Å². The summed E-state index contributed by atoms with van der Waals surface area (Å²) in [6.07, 6.45) is -0.921. The van der Waals surface area contributed by atoms with Crippen LogP contribution in [0.15, 0.2) is 54.6 Å². The van der Waals surface area contributed by atoms with Crippen LogP contribution < -0.4 is 20.7 Å². The molecule has 0 bridgehead atoms. The lowest BCUT2D eigenvalue weighted by Crippen LogP contribution is -2.72. The van der Waals surface area contributed by atoms with E-state index in [9.17, 15) is 14.4 Å². The van der Waals surface area contributed by atoms with Gasteiger partial charge in [-0.3, -0.25) is 25.1 Å². The molecule has 0 radical (unpaired) electrons. The van der Waals surface area contributed by atoms with E-state index in [0.29, 0.717) is 11.4 Å². The molecule has 9 nitrogen and oxygen atoms in total. The highest BCUT2D eigenvalue weighted by Crippen LogP contribution is 2.36. The van der Waals surface area contributed by atoms with E-state index in [4.69, 9.17) is 4.74 Å². The Hall–Kier alpha value is -3.08. The first-order valence-corrected chi connectivity index (χ1v) is 11.6. The number of thioether (sulfide) groups is 1. The number of rotatable bonds is 6. The summed E-state index contributed by atoms with van der Waals surface area (Å²) < 4.78 is 5.51. The van der Waals surface area contributed by atoms with Crippen LogP contribution in [0.1, 0.15) is 11.7 Å². The number of carbonyl (C=O) groups is 3. The largest absolute Gasteiger partial charge is 0.496 e. The predicted molar refractivity (Wildman–Crippen MR) is 127 cm³/mol. The van der Waals surface area contributed by atoms with Gasteiger partial charge in [-0.15, -0.1) is 11.8 Å². The molecule has 4 unspecified atom stereocenters. The van der Waals surface area contributed by atoms with E-state index < -0.39 is 17.5 Å². The molecule has 33 heavy (non-hydrogen) atoms.